The van der Waals surface area contributed by atoms with E-state index in [2.05, 4.69) is 11.7 Å². The van der Waals surface area contributed by atoms with Crippen LogP contribution in [0, 0.1) is 0 Å². The van der Waals surface area contributed by atoms with E-state index in [0.29, 0.717) is 6.42 Å². The highest BCUT2D eigenvalue weighted by Crippen LogP contribution is 2.17. The Hall–Kier alpha value is -0.240. The maximum Gasteiger partial charge on any atom is 0.305 e. The number of hydrogen-bond acceptors (Lipinski definition) is 2. The summed E-state index contributed by atoms with van der Waals surface area (Å²) in [5, 5.41) is 0.127. The van der Waals surface area contributed by atoms with E-state index in [1.165, 1.54) is 84.2 Å². The molecule has 1 unspecified atom stereocenters. The number of methoxy groups -OCH3 is 1. The molecule has 0 aromatic carbocycles. The molecule has 0 aliphatic carbocycles. The van der Waals surface area contributed by atoms with Crippen LogP contribution in [0.2, 0.25) is 0 Å². The molecule has 0 saturated carbocycles. The van der Waals surface area contributed by atoms with E-state index in [0.717, 1.165) is 12.8 Å². The van der Waals surface area contributed by atoms with Gasteiger partial charge in [-0.1, -0.05) is 84.0 Å². The van der Waals surface area contributed by atoms with Gasteiger partial charge in [0.15, 0.2) is 0 Å². The Balaban J connectivity index is 3.15. The number of carbonyl (C=O) groups excluding carboxylic acids is 1. The molecular weight excluding hydrogens is 296 g/mol. The Morgan fingerprint density at radius 2 is 1.27 bits per heavy atom. The first-order valence-electron chi connectivity index (χ1n) is 9.41. The molecule has 0 aromatic rings. The van der Waals surface area contributed by atoms with E-state index < -0.39 is 0 Å². The lowest BCUT2D eigenvalue weighted by Gasteiger charge is -2.08. The monoisotopic (exact) mass is 332 g/mol. The van der Waals surface area contributed by atoms with Crippen molar-refractivity contribution in [3.8, 4) is 0 Å². The Kier molecular flexibility index (Phi) is 16.9. The quantitative estimate of drug-likeness (QED) is 0.180. The van der Waals surface area contributed by atoms with E-state index >= 15 is 0 Å². The first kappa shape index (κ1) is 21.8. The highest BCUT2D eigenvalue weighted by molar-refractivity contribution is 6.20. The maximum absolute atomic E-state index is 11.0. The van der Waals surface area contributed by atoms with Gasteiger partial charge < -0.3 is 4.74 Å². The fourth-order valence-corrected chi connectivity index (χ4v) is 2.99. The molecule has 0 fully saturated rings. The molecule has 0 N–H and O–H groups in total. The lowest BCUT2D eigenvalue weighted by molar-refractivity contribution is -0.140. The summed E-state index contributed by atoms with van der Waals surface area (Å²) < 4.78 is 4.62. The molecule has 132 valence electrons. The van der Waals surface area contributed by atoms with E-state index in [-0.39, 0.29) is 11.3 Å². The second-order valence-electron chi connectivity index (χ2n) is 6.39. The molecule has 0 radical (unpaired) electrons. The van der Waals surface area contributed by atoms with Crippen LogP contribution in [-0.4, -0.2) is 18.5 Å². The van der Waals surface area contributed by atoms with Crippen LogP contribution < -0.4 is 0 Å². The molecule has 0 heterocycles. The third-order valence-corrected chi connectivity index (χ3v) is 4.70. The summed E-state index contributed by atoms with van der Waals surface area (Å²) in [7, 11) is 1.43. The van der Waals surface area contributed by atoms with E-state index in [1.807, 2.05) is 0 Å². The fraction of sp³-hybridized carbons (Fsp3) is 0.947. The zero-order valence-corrected chi connectivity index (χ0v) is 15.6. The zero-order valence-electron chi connectivity index (χ0n) is 14.9. The van der Waals surface area contributed by atoms with Crippen LogP contribution in [0.15, 0.2) is 0 Å². The number of rotatable bonds is 16. The van der Waals surface area contributed by atoms with Crippen molar-refractivity contribution in [1.82, 2.24) is 0 Å². The maximum atomic E-state index is 11.0. The van der Waals surface area contributed by atoms with Crippen molar-refractivity contribution in [2.45, 2.75) is 109 Å². The Labute approximate surface area is 143 Å². The topological polar surface area (TPSA) is 26.3 Å². The normalized spacial score (nSPS) is 12.3. The lowest BCUT2D eigenvalue weighted by atomic mass is 10.0. The highest BCUT2D eigenvalue weighted by atomic mass is 35.5. The van der Waals surface area contributed by atoms with E-state index in [9.17, 15) is 4.79 Å². The third kappa shape index (κ3) is 16.1. The zero-order chi connectivity index (χ0) is 16.5. The van der Waals surface area contributed by atoms with Crippen LogP contribution in [0.1, 0.15) is 103 Å². The number of halogens is 1. The number of hydrogen-bond donors (Lipinski definition) is 0. The number of carbonyl (C=O) groups is 1. The van der Waals surface area contributed by atoms with Crippen molar-refractivity contribution in [1.29, 1.82) is 0 Å². The van der Waals surface area contributed by atoms with Gasteiger partial charge >= 0.3 is 5.97 Å². The fourth-order valence-electron chi connectivity index (χ4n) is 2.73. The molecule has 0 aromatic heterocycles. The molecule has 0 rings (SSSR count). The van der Waals surface area contributed by atoms with Crippen molar-refractivity contribution >= 4 is 17.6 Å². The average Bonchev–Trinajstić information content (AvgIpc) is 2.53. The Morgan fingerprint density at radius 3 is 1.73 bits per heavy atom. The van der Waals surface area contributed by atoms with Crippen molar-refractivity contribution < 1.29 is 9.53 Å². The second-order valence-corrected chi connectivity index (χ2v) is 7.01. The highest BCUT2D eigenvalue weighted by Gasteiger charge is 2.08. The summed E-state index contributed by atoms with van der Waals surface area (Å²) in [6, 6.07) is 0. The van der Waals surface area contributed by atoms with Gasteiger partial charge in [-0.25, -0.2) is 0 Å². The SMILES string of the molecule is CCCCCCCCCCCCCCC(Cl)CCC(=O)OC. The molecule has 0 aliphatic heterocycles. The predicted molar refractivity (Wildman–Crippen MR) is 96.6 cm³/mol. The van der Waals surface area contributed by atoms with E-state index in [1.54, 1.807) is 0 Å². The molecule has 22 heavy (non-hydrogen) atoms. The van der Waals surface area contributed by atoms with Gasteiger partial charge in [0, 0.05) is 11.8 Å². The minimum Gasteiger partial charge on any atom is -0.469 e. The van der Waals surface area contributed by atoms with Crippen LogP contribution >= 0.6 is 11.6 Å². The van der Waals surface area contributed by atoms with Gasteiger partial charge in [-0.3, -0.25) is 4.79 Å². The summed E-state index contributed by atoms with van der Waals surface area (Å²) in [5.41, 5.74) is 0. The van der Waals surface area contributed by atoms with E-state index in [4.69, 9.17) is 11.6 Å². The molecule has 0 aliphatic rings. The van der Waals surface area contributed by atoms with Gasteiger partial charge in [-0.05, 0) is 12.8 Å². The van der Waals surface area contributed by atoms with Crippen molar-refractivity contribution in [3.05, 3.63) is 0 Å². The number of alkyl halides is 1. The lowest BCUT2D eigenvalue weighted by Crippen LogP contribution is -2.05. The van der Waals surface area contributed by atoms with Crippen molar-refractivity contribution in [3.63, 3.8) is 0 Å². The van der Waals surface area contributed by atoms with Crippen molar-refractivity contribution in [2.75, 3.05) is 7.11 Å². The summed E-state index contributed by atoms with van der Waals surface area (Å²) in [6.07, 6.45) is 18.6. The molecule has 0 amide bonds. The smallest absolute Gasteiger partial charge is 0.305 e. The standard InChI is InChI=1S/C19H37ClO2/c1-3-4-5-6-7-8-9-10-11-12-13-14-15-18(20)16-17-19(21)22-2/h18H,3-17H2,1-2H3. The number of unbranched alkanes of at least 4 members (excludes halogenated alkanes) is 11. The molecule has 0 bridgehead atoms. The number of ether oxygens (including phenoxy) is 1. The molecule has 0 saturated heterocycles. The Bertz CT molecular complexity index is 244. The summed E-state index contributed by atoms with van der Waals surface area (Å²) in [4.78, 5) is 11.0. The Morgan fingerprint density at radius 1 is 0.818 bits per heavy atom. The van der Waals surface area contributed by atoms with Gasteiger partial charge in [0.25, 0.3) is 0 Å². The summed E-state index contributed by atoms with van der Waals surface area (Å²) in [6.45, 7) is 2.27. The van der Waals surface area contributed by atoms with Crippen molar-refractivity contribution in [2.24, 2.45) is 0 Å². The molecule has 0 spiro atoms. The first-order chi connectivity index (χ1) is 10.7. The first-order valence-corrected chi connectivity index (χ1v) is 9.85. The third-order valence-electron chi connectivity index (χ3n) is 4.26. The van der Waals surface area contributed by atoms with Crippen LogP contribution in [0.5, 0.6) is 0 Å². The summed E-state index contributed by atoms with van der Waals surface area (Å²) >= 11 is 6.21. The van der Waals surface area contributed by atoms with Crippen LogP contribution in [0.25, 0.3) is 0 Å². The molecule has 3 heteroatoms. The van der Waals surface area contributed by atoms with Crippen LogP contribution in [-0.2, 0) is 9.53 Å². The van der Waals surface area contributed by atoms with Crippen LogP contribution in [0.4, 0.5) is 0 Å². The minimum atomic E-state index is -0.152. The molecular formula is C19H37ClO2. The number of esters is 1. The van der Waals surface area contributed by atoms with Gasteiger partial charge in [0.05, 0.1) is 7.11 Å². The summed E-state index contributed by atoms with van der Waals surface area (Å²) in [5.74, 6) is -0.152. The van der Waals surface area contributed by atoms with Gasteiger partial charge in [0.2, 0.25) is 0 Å². The van der Waals surface area contributed by atoms with Gasteiger partial charge in [-0.2, -0.15) is 0 Å². The van der Waals surface area contributed by atoms with Gasteiger partial charge in [0.1, 0.15) is 0 Å². The predicted octanol–water partition coefficient (Wildman–Crippen LogP) is 6.64. The molecule has 2 nitrogen and oxygen atoms in total. The largest absolute Gasteiger partial charge is 0.469 e. The average molecular weight is 333 g/mol. The minimum absolute atomic E-state index is 0.127. The second kappa shape index (κ2) is 17.1. The van der Waals surface area contributed by atoms with Gasteiger partial charge in [-0.15, -0.1) is 11.6 Å². The van der Waals surface area contributed by atoms with Crippen LogP contribution in [0.3, 0.4) is 0 Å². The molecule has 1 atom stereocenters.